The van der Waals surface area contributed by atoms with Crippen LogP contribution in [0.15, 0.2) is 23.1 Å². The van der Waals surface area contributed by atoms with Gasteiger partial charge in [-0.2, -0.15) is 0 Å². The first kappa shape index (κ1) is 15.4. The van der Waals surface area contributed by atoms with Crippen LogP contribution in [0.1, 0.15) is 41.6 Å². The summed E-state index contributed by atoms with van der Waals surface area (Å²) in [5.74, 6) is 0.694. The van der Waals surface area contributed by atoms with Crippen molar-refractivity contribution in [1.29, 1.82) is 0 Å². The van der Waals surface area contributed by atoms with Crippen molar-refractivity contribution in [2.75, 3.05) is 13.2 Å². The van der Waals surface area contributed by atoms with Gasteiger partial charge >= 0.3 is 0 Å². The van der Waals surface area contributed by atoms with Gasteiger partial charge in [0.15, 0.2) is 0 Å². The summed E-state index contributed by atoms with van der Waals surface area (Å²) in [4.78, 5) is 13.0. The molecule has 0 heterocycles. The van der Waals surface area contributed by atoms with Gasteiger partial charge in [0.1, 0.15) is 0 Å². The molecule has 0 aromatic heterocycles. The molecule has 1 aliphatic rings. The number of hydrogen-bond donors (Lipinski definition) is 3. The fraction of sp³-hybridized carbons (Fsp3) is 0.562. The van der Waals surface area contributed by atoms with Crippen molar-refractivity contribution in [3.63, 3.8) is 0 Å². The van der Waals surface area contributed by atoms with Crippen molar-refractivity contribution >= 4 is 18.5 Å². The first-order valence-electron chi connectivity index (χ1n) is 7.30. The summed E-state index contributed by atoms with van der Waals surface area (Å²) >= 11 is 4.28. The average molecular weight is 293 g/mol. The topological polar surface area (TPSA) is 49.3 Å². The number of carbonyl (C=O) groups is 1. The lowest BCUT2D eigenvalue weighted by atomic mass is 9.79. The van der Waals surface area contributed by atoms with Gasteiger partial charge in [-0.15, -0.1) is 12.6 Å². The van der Waals surface area contributed by atoms with Gasteiger partial charge in [-0.1, -0.05) is 18.9 Å². The Morgan fingerprint density at radius 1 is 1.35 bits per heavy atom. The van der Waals surface area contributed by atoms with Gasteiger partial charge in [0.25, 0.3) is 5.91 Å². The Balaban J connectivity index is 1.96. The minimum atomic E-state index is -0.0411. The number of nitrogens with one attached hydrogen (secondary N) is 1. The number of aryl methyl sites for hydroxylation is 1. The summed E-state index contributed by atoms with van der Waals surface area (Å²) < 4.78 is 0. The zero-order valence-electron chi connectivity index (χ0n) is 11.9. The van der Waals surface area contributed by atoms with Crippen LogP contribution in [0.5, 0.6) is 0 Å². The van der Waals surface area contributed by atoms with E-state index in [-0.39, 0.29) is 12.5 Å². The molecular formula is C16H23NO2S. The van der Waals surface area contributed by atoms with E-state index in [9.17, 15) is 9.90 Å². The summed E-state index contributed by atoms with van der Waals surface area (Å²) in [6.07, 6.45) is 4.55. The maximum absolute atomic E-state index is 12.2. The third-order valence-corrected chi connectivity index (χ3v) is 4.57. The number of amides is 1. The lowest BCUT2D eigenvalue weighted by Crippen LogP contribution is -2.35. The van der Waals surface area contributed by atoms with E-state index in [0.717, 1.165) is 23.3 Å². The van der Waals surface area contributed by atoms with E-state index in [1.54, 1.807) is 6.07 Å². The second-order valence-electron chi connectivity index (χ2n) is 5.70. The maximum atomic E-state index is 12.2. The van der Waals surface area contributed by atoms with Gasteiger partial charge in [-0.25, -0.2) is 0 Å². The normalized spacial score (nSPS) is 22.6. The molecule has 2 N–H and O–H groups in total. The molecule has 0 radical (unpaired) electrons. The zero-order valence-corrected chi connectivity index (χ0v) is 12.8. The highest BCUT2D eigenvalue weighted by Crippen LogP contribution is 2.29. The van der Waals surface area contributed by atoms with Crippen LogP contribution in [-0.4, -0.2) is 24.2 Å². The Morgan fingerprint density at radius 3 is 2.75 bits per heavy atom. The smallest absolute Gasteiger partial charge is 0.251 e. The van der Waals surface area contributed by atoms with Crippen LogP contribution < -0.4 is 5.32 Å². The Hall–Kier alpha value is -1.00. The maximum Gasteiger partial charge on any atom is 0.251 e. The molecule has 0 bridgehead atoms. The minimum absolute atomic E-state index is 0.0411. The standard InChI is InChI=1S/C16H23NO2S/c1-11-6-7-14(20)8-15(11)16(19)17-9-12-4-2-3-5-13(12)10-18/h6-8,12-13,18,20H,2-5,9-10H2,1H3,(H,17,19). The summed E-state index contributed by atoms with van der Waals surface area (Å²) in [5, 5.41) is 12.4. The number of aliphatic hydroxyl groups excluding tert-OH is 1. The van der Waals surface area contributed by atoms with E-state index in [1.807, 2.05) is 19.1 Å². The molecular weight excluding hydrogens is 270 g/mol. The fourth-order valence-corrected chi connectivity index (χ4v) is 3.17. The molecule has 1 fully saturated rings. The van der Waals surface area contributed by atoms with Crippen molar-refractivity contribution < 1.29 is 9.90 Å². The molecule has 2 unspecified atom stereocenters. The van der Waals surface area contributed by atoms with Crippen LogP contribution in [0.2, 0.25) is 0 Å². The van der Waals surface area contributed by atoms with Gasteiger partial charge < -0.3 is 10.4 Å². The molecule has 1 amide bonds. The molecule has 3 nitrogen and oxygen atoms in total. The number of carbonyl (C=O) groups excluding carboxylic acids is 1. The molecule has 1 aromatic carbocycles. The van der Waals surface area contributed by atoms with E-state index in [1.165, 1.54) is 12.8 Å². The van der Waals surface area contributed by atoms with Crippen LogP contribution in [-0.2, 0) is 0 Å². The monoisotopic (exact) mass is 293 g/mol. The molecule has 0 aliphatic heterocycles. The number of hydrogen-bond acceptors (Lipinski definition) is 3. The number of aliphatic hydroxyl groups is 1. The van der Waals surface area contributed by atoms with E-state index < -0.39 is 0 Å². The quantitative estimate of drug-likeness (QED) is 0.748. The Labute approximate surface area is 126 Å². The molecule has 2 atom stereocenters. The highest BCUT2D eigenvalue weighted by atomic mass is 32.1. The van der Waals surface area contributed by atoms with E-state index in [2.05, 4.69) is 17.9 Å². The lowest BCUT2D eigenvalue weighted by Gasteiger charge is -2.30. The fourth-order valence-electron chi connectivity index (χ4n) is 2.97. The first-order chi connectivity index (χ1) is 9.61. The van der Waals surface area contributed by atoms with Gasteiger partial charge in [-0.05, 0) is 49.3 Å². The largest absolute Gasteiger partial charge is 0.396 e. The van der Waals surface area contributed by atoms with Crippen LogP contribution in [0.25, 0.3) is 0 Å². The van der Waals surface area contributed by atoms with Crippen molar-refractivity contribution in [3.05, 3.63) is 29.3 Å². The highest BCUT2D eigenvalue weighted by Gasteiger charge is 2.25. The summed E-state index contributed by atoms with van der Waals surface area (Å²) in [7, 11) is 0. The van der Waals surface area contributed by atoms with E-state index >= 15 is 0 Å². The second kappa shape index (κ2) is 7.14. The van der Waals surface area contributed by atoms with E-state index in [0.29, 0.717) is 23.9 Å². The van der Waals surface area contributed by atoms with Crippen molar-refractivity contribution in [1.82, 2.24) is 5.32 Å². The third-order valence-electron chi connectivity index (χ3n) is 4.29. The molecule has 1 saturated carbocycles. The Kier molecular flexibility index (Phi) is 5.49. The molecule has 1 aliphatic carbocycles. The molecule has 0 saturated heterocycles. The predicted octanol–water partition coefficient (Wildman–Crippen LogP) is 2.81. The Bertz CT molecular complexity index is 476. The first-order valence-corrected chi connectivity index (χ1v) is 7.75. The molecule has 4 heteroatoms. The SMILES string of the molecule is Cc1ccc(S)cc1C(=O)NCC1CCCCC1CO. The zero-order chi connectivity index (χ0) is 14.5. The molecule has 2 rings (SSSR count). The van der Waals surface area contributed by atoms with Crippen molar-refractivity contribution in [2.24, 2.45) is 11.8 Å². The summed E-state index contributed by atoms with van der Waals surface area (Å²) in [6, 6.07) is 5.60. The second-order valence-corrected chi connectivity index (χ2v) is 6.21. The predicted molar refractivity (Wildman–Crippen MR) is 83.3 cm³/mol. The van der Waals surface area contributed by atoms with Crippen LogP contribution in [0.3, 0.4) is 0 Å². The van der Waals surface area contributed by atoms with Crippen LogP contribution >= 0.6 is 12.6 Å². The number of thiol groups is 1. The van der Waals surface area contributed by atoms with Crippen LogP contribution in [0.4, 0.5) is 0 Å². The van der Waals surface area contributed by atoms with Gasteiger partial charge in [-0.3, -0.25) is 4.79 Å². The van der Waals surface area contributed by atoms with Gasteiger partial charge in [0.2, 0.25) is 0 Å². The van der Waals surface area contributed by atoms with Gasteiger partial charge in [0.05, 0.1) is 0 Å². The average Bonchev–Trinajstić information content (AvgIpc) is 2.47. The highest BCUT2D eigenvalue weighted by molar-refractivity contribution is 7.80. The third kappa shape index (κ3) is 3.76. The summed E-state index contributed by atoms with van der Waals surface area (Å²) in [5.41, 5.74) is 1.65. The van der Waals surface area contributed by atoms with Crippen molar-refractivity contribution in [2.45, 2.75) is 37.5 Å². The Morgan fingerprint density at radius 2 is 2.05 bits per heavy atom. The van der Waals surface area contributed by atoms with E-state index in [4.69, 9.17) is 0 Å². The van der Waals surface area contributed by atoms with Crippen LogP contribution in [0, 0.1) is 18.8 Å². The van der Waals surface area contributed by atoms with Crippen molar-refractivity contribution in [3.8, 4) is 0 Å². The minimum Gasteiger partial charge on any atom is -0.396 e. The molecule has 20 heavy (non-hydrogen) atoms. The molecule has 1 aromatic rings. The number of rotatable bonds is 4. The molecule has 0 spiro atoms. The lowest BCUT2D eigenvalue weighted by molar-refractivity contribution is 0.0908. The number of benzene rings is 1. The van der Waals surface area contributed by atoms with Gasteiger partial charge in [0, 0.05) is 23.6 Å². The molecule has 110 valence electrons. The summed E-state index contributed by atoms with van der Waals surface area (Å²) in [6.45, 7) is 2.81.